The highest BCUT2D eigenvalue weighted by atomic mass is 35.5. The van der Waals surface area contributed by atoms with Gasteiger partial charge in [0.05, 0.1) is 6.10 Å². The average Bonchev–Trinajstić information content (AvgIpc) is 2.85. The predicted octanol–water partition coefficient (Wildman–Crippen LogP) is 3.93. The van der Waals surface area contributed by atoms with Crippen LogP contribution in [0.3, 0.4) is 0 Å². The Morgan fingerprint density at radius 2 is 1.83 bits per heavy atom. The first kappa shape index (κ1) is 15.3. The summed E-state index contributed by atoms with van der Waals surface area (Å²) in [5.41, 5.74) is 1.33. The van der Waals surface area contributed by atoms with E-state index in [0.29, 0.717) is 6.10 Å². The zero-order chi connectivity index (χ0) is 11.9. The van der Waals surface area contributed by atoms with Crippen molar-refractivity contribution in [3.63, 3.8) is 0 Å². The smallest absolute Gasteiger partial charge is 0.119 e. The molecule has 1 aromatic rings. The molecule has 1 fully saturated rings. The Morgan fingerprint density at radius 1 is 1.17 bits per heavy atom. The second-order valence-electron chi connectivity index (χ2n) is 4.85. The van der Waals surface area contributed by atoms with E-state index in [4.69, 9.17) is 4.74 Å². The van der Waals surface area contributed by atoms with E-state index in [1.165, 1.54) is 37.7 Å². The molecule has 0 aliphatic heterocycles. The second kappa shape index (κ2) is 8.39. The Kier molecular flexibility index (Phi) is 7.14. The third-order valence-corrected chi connectivity index (χ3v) is 3.28. The molecule has 1 saturated carbocycles. The van der Waals surface area contributed by atoms with E-state index in [9.17, 15) is 0 Å². The topological polar surface area (TPSA) is 21.3 Å². The van der Waals surface area contributed by atoms with Crippen LogP contribution in [0.2, 0.25) is 0 Å². The van der Waals surface area contributed by atoms with Gasteiger partial charge in [-0.3, -0.25) is 0 Å². The highest BCUT2D eigenvalue weighted by Gasteiger charge is 2.16. The van der Waals surface area contributed by atoms with Crippen molar-refractivity contribution in [3.05, 3.63) is 29.8 Å². The zero-order valence-electron chi connectivity index (χ0n) is 11.2. The Labute approximate surface area is 117 Å². The normalized spacial score (nSPS) is 15.4. The molecular weight excluding hydrogens is 246 g/mol. The Balaban J connectivity index is 0.00000162. The molecule has 0 aromatic heterocycles. The minimum atomic E-state index is 0. The van der Waals surface area contributed by atoms with Gasteiger partial charge in [0, 0.05) is 6.54 Å². The largest absolute Gasteiger partial charge is 0.490 e. The summed E-state index contributed by atoms with van der Waals surface area (Å²) in [7, 11) is 0. The third kappa shape index (κ3) is 4.87. The molecule has 0 heterocycles. The van der Waals surface area contributed by atoms with E-state index in [1.54, 1.807) is 0 Å². The molecule has 0 atom stereocenters. The molecule has 1 aliphatic rings. The lowest BCUT2D eigenvalue weighted by Crippen LogP contribution is -2.14. The van der Waals surface area contributed by atoms with Crippen LogP contribution in [0.4, 0.5) is 0 Å². The molecule has 0 radical (unpaired) electrons. The number of hydrogen-bond donors (Lipinski definition) is 1. The lowest BCUT2D eigenvalue weighted by molar-refractivity contribution is 0.210. The quantitative estimate of drug-likeness (QED) is 0.790. The SMILES string of the molecule is CCCNCc1ccc(OC2CCCC2)cc1.Cl. The van der Waals surface area contributed by atoms with Crippen LogP contribution in [0.25, 0.3) is 0 Å². The number of nitrogens with one attached hydrogen (secondary N) is 1. The summed E-state index contributed by atoms with van der Waals surface area (Å²) in [5, 5.41) is 3.40. The number of benzene rings is 1. The second-order valence-corrected chi connectivity index (χ2v) is 4.85. The molecular formula is C15H24ClNO. The first-order valence-electron chi connectivity index (χ1n) is 6.85. The summed E-state index contributed by atoms with van der Waals surface area (Å²) in [5.74, 6) is 1.02. The molecule has 0 spiro atoms. The summed E-state index contributed by atoms with van der Waals surface area (Å²) in [4.78, 5) is 0. The van der Waals surface area contributed by atoms with Gasteiger partial charge in [0.15, 0.2) is 0 Å². The lowest BCUT2D eigenvalue weighted by Gasteiger charge is -2.13. The fraction of sp³-hybridized carbons (Fsp3) is 0.600. The monoisotopic (exact) mass is 269 g/mol. The van der Waals surface area contributed by atoms with Crippen molar-refractivity contribution in [3.8, 4) is 5.75 Å². The highest BCUT2D eigenvalue weighted by Crippen LogP contribution is 2.24. The van der Waals surface area contributed by atoms with Crippen LogP contribution in [-0.4, -0.2) is 12.6 Å². The molecule has 0 amide bonds. The van der Waals surface area contributed by atoms with Gasteiger partial charge in [-0.2, -0.15) is 0 Å². The van der Waals surface area contributed by atoms with Gasteiger partial charge < -0.3 is 10.1 Å². The van der Waals surface area contributed by atoms with Gasteiger partial charge >= 0.3 is 0 Å². The molecule has 3 heteroatoms. The predicted molar refractivity (Wildman–Crippen MR) is 78.6 cm³/mol. The molecule has 2 rings (SSSR count). The van der Waals surface area contributed by atoms with Crippen LogP contribution in [0, 0.1) is 0 Å². The fourth-order valence-corrected chi connectivity index (χ4v) is 2.29. The Bertz CT molecular complexity index is 320. The first-order valence-corrected chi connectivity index (χ1v) is 6.85. The van der Waals surface area contributed by atoms with Crippen molar-refractivity contribution >= 4 is 12.4 Å². The fourth-order valence-electron chi connectivity index (χ4n) is 2.29. The first-order chi connectivity index (χ1) is 8.38. The molecule has 0 unspecified atom stereocenters. The number of rotatable bonds is 6. The maximum Gasteiger partial charge on any atom is 0.119 e. The summed E-state index contributed by atoms with van der Waals surface area (Å²) in [6.07, 6.45) is 6.73. The zero-order valence-corrected chi connectivity index (χ0v) is 12.0. The van der Waals surface area contributed by atoms with E-state index < -0.39 is 0 Å². The van der Waals surface area contributed by atoms with Gasteiger partial charge in [-0.05, 0) is 56.3 Å². The van der Waals surface area contributed by atoms with Crippen molar-refractivity contribution < 1.29 is 4.74 Å². The lowest BCUT2D eigenvalue weighted by atomic mass is 10.2. The summed E-state index contributed by atoms with van der Waals surface area (Å²) < 4.78 is 5.94. The molecule has 1 N–H and O–H groups in total. The summed E-state index contributed by atoms with van der Waals surface area (Å²) in [6.45, 7) is 4.23. The third-order valence-electron chi connectivity index (χ3n) is 3.28. The molecule has 2 nitrogen and oxygen atoms in total. The van der Waals surface area contributed by atoms with Gasteiger partial charge in [0.2, 0.25) is 0 Å². The van der Waals surface area contributed by atoms with Crippen molar-refractivity contribution in [2.24, 2.45) is 0 Å². The minimum Gasteiger partial charge on any atom is -0.490 e. The van der Waals surface area contributed by atoms with Crippen LogP contribution in [0.5, 0.6) is 5.75 Å². The van der Waals surface area contributed by atoms with E-state index in [2.05, 4.69) is 36.5 Å². The number of ether oxygens (including phenoxy) is 1. The molecule has 0 saturated heterocycles. The van der Waals surface area contributed by atoms with Crippen LogP contribution in [0.15, 0.2) is 24.3 Å². The molecule has 0 bridgehead atoms. The van der Waals surface area contributed by atoms with Crippen LogP contribution in [-0.2, 0) is 6.54 Å². The summed E-state index contributed by atoms with van der Waals surface area (Å²) in [6, 6.07) is 8.52. The van der Waals surface area contributed by atoms with E-state index >= 15 is 0 Å². The van der Waals surface area contributed by atoms with Gasteiger partial charge in [-0.1, -0.05) is 19.1 Å². The summed E-state index contributed by atoms with van der Waals surface area (Å²) >= 11 is 0. The highest BCUT2D eigenvalue weighted by molar-refractivity contribution is 5.85. The average molecular weight is 270 g/mol. The Morgan fingerprint density at radius 3 is 2.44 bits per heavy atom. The number of halogens is 1. The standard InChI is InChI=1S/C15H23NO.ClH/c1-2-11-16-12-13-7-9-15(10-8-13)17-14-5-3-4-6-14;/h7-10,14,16H,2-6,11-12H2,1H3;1H. The van der Waals surface area contributed by atoms with Gasteiger partial charge in [0.1, 0.15) is 5.75 Å². The maximum absolute atomic E-state index is 5.94. The van der Waals surface area contributed by atoms with Crippen molar-refractivity contribution in [2.75, 3.05) is 6.54 Å². The Hall–Kier alpha value is -0.730. The molecule has 18 heavy (non-hydrogen) atoms. The van der Waals surface area contributed by atoms with E-state index in [1.807, 2.05) is 0 Å². The molecule has 102 valence electrons. The molecule has 1 aromatic carbocycles. The van der Waals surface area contributed by atoms with Crippen LogP contribution < -0.4 is 10.1 Å². The van der Waals surface area contributed by atoms with Crippen molar-refractivity contribution in [1.29, 1.82) is 0 Å². The van der Waals surface area contributed by atoms with Crippen LogP contribution in [0.1, 0.15) is 44.6 Å². The molecule has 1 aliphatic carbocycles. The van der Waals surface area contributed by atoms with E-state index in [0.717, 1.165) is 18.8 Å². The van der Waals surface area contributed by atoms with E-state index in [-0.39, 0.29) is 12.4 Å². The van der Waals surface area contributed by atoms with Gasteiger partial charge in [-0.25, -0.2) is 0 Å². The minimum absolute atomic E-state index is 0. The van der Waals surface area contributed by atoms with Crippen molar-refractivity contribution in [1.82, 2.24) is 5.32 Å². The van der Waals surface area contributed by atoms with Gasteiger partial charge in [0.25, 0.3) is 0 Å². The maximum atomic E-state index is 5.94. The van der Waals surface area contributed by atoms with Crippen molar-refractivity contribution in [2.45, 2.75) is 51.7 Å². The number of hydrogen-bond acceptors (Lipinski definition) is 2. The van der Waals surface area contributed by atoms with Crippen LogP contribution >= 0.6 is 12.4 Å². The van der Waals surface area contributed by atoms with Gasteiger partial charge in [-0.15, -0.1) is 12.4 Å².